The predicted molar refractivity (Wildman–Crippen MR) is 99.3 cm³/mol. The van der Waals surface area contributed by atoms with Crippen LogP contribution in [0.3, 0.4) is 0 Å². The van der Waals surface area contributed by atoms with Crippen molar-refractivity contribution >= 4 is 17.5 Å². The van der Waals surface area contributed by atoms with E-state index in [4.69, 9.17) is 9.15 Å². The lowest BCUT2D eigenvalue weighted by Crippen LogP contribution is -2.48. The number of nitro groups is 1. The van der Waals surface area contributed by atoms with Crippen LogP contribution in [0, 0.1) is 10.1 Å². The van der Waals surface area contributed by atoms with Gasteiger partial charge >= 0.3 is 5.88 Å². The Morgan fingerprint density at radius 2 is 1.96 bits per heavy atom. The number of hydrogen-bond acceptors (Lipinski definition) is 7. The number of ether oxygens (including phenoxy) is 1. The first-order valence-electron chi connectivity index (χ1n) is 8.71. The van der Waals surface area contributed by atoms with Crippen LogP contribution in [-0.2, 0) is 0 Å². The number of anilines is 1. The SMILES string of the molecule is COc1ccccc1N1CCN(CCNC(=O)c2ccc([N+](=O)[O-])o2)CC1. The number of piperazine rings is 1. The number of methoxy groups -OCH3 is 1. The van der Waals surface area contributed by atoms with Gasteiger partial charge in [0.1, 0.15) is 10.7 Å². The monoisotopic (exact) mass is 374 g/mol. The van der Waals surface area contributed by atoms with Crippen LogP contribution in [0.2, 0.25) is 0 Å². The van der Waals surface area contributed by atoms with Crippen molar-refractivity contribution in [1.29, 1.82) is 0 Å². The molecule has 2 heterocycles. The normalized spacial score (nSPS) is 14.8. The Morgan fingerprint density at radius 1 is 1.22 bits per heavy atom. The van der Waals surface area contributed by atoms with E-state index in [1.54, 1.807) is 7.11 Å². The number of furan rings is 1. The van der Waals surface area contributed by atoms with Gasteiger partial charge in [-0.1, -0.05) is 12.1 Å². The molecule has 1 fully saturated rings. The highest BCUT2D eigenvalue weighted by Crippen LogP contribution is 2.28. The van der Waals surface area contributed by atoms with Crippen LogP contribution in [0.4, 0.5) is 11.6 Å². The second kappa shape index (κ2) is 8.54. The summed E-state index contributed by atoms with van der Waals surface area (Å²) in [7, 11) is 1.67. The number of nitrogens with zero attached hydrogens (tertiary/aromatic N) is 3. The van der Waals surface area contributed by atoms with Crippen LogP contribution in [0.1, 0.15) is 10.6 Å². The molecule has 2 aromatic rings. The summed E-state index contributed by atoms with van der Waals surface area (Å²) in [6.07, 6.45) is 0. The van der Waals surface area contributed by atoms with Gasteiger partial charge in [-0.2, -0.15) is 0 Å². The molecule has 0 saturated carbocycles. The zero-order valence-corrected chi connectivity index (χ0v) is 15.1. The first kappa shape index (κ1) is 18.7. The number of nitrogens with one attached hydrogen (secondary N) is 1. The highest BCUT2D eigenvalue weighted by Gasteiger charge is 2.20. The quantitative estimate of drug-likeness (QED) is 0.582. The highest BCUT2D eigenvalue weighted by molar-refractivity contribution is 5.91. The van der Waals surface area contributed by atoms with E-state index in [9.17, 15) is 14.9 Å². The molecule has 0 atom stereocenters. The second-order valence-electron chi connectivity index (χ2n) is 6.15. The minimum Gasteiger partial charge on any atom is -0.495 e. The Morgan fingerprint density at radius 3 is 2.63 bits per heavy atom. The fourth-order valence-corrected chi connectivity index (χ4v) is 3.07. The van der Waals surface area contributed by atoms with E-state index in [-0.39, 0.29) is 5.76 Å². The van der Waals surface area contributed by atoms with Crippen molar-refractivity contribution in [2.75, 3.05) is 51.3 Å². The molecule has 9 nitrogen and oxygen atoms in total. The van der Waals surface area contributed by atoms with E-state index in [0.29, 0.717) is 13.1 Å². The molecule has 0 spiro atoms. The van der Waals surface area contributed by atoms with Crippen molar-refractivity contribution in [1.82, 2.24) is 10.2 Å². The maximum absolute atomic E-state index is 12.0. The molecule has 0 radical (unpaired) electrons. The van der Waals surface area contributed by atoms with E-state index < -0.39 is 16.7 Å². The molecule has 1 saturated heterocycles. The topological polar surface area (TPSA) is 101 Å². The smallest absolute Gasteiger partial charge is 0.433 e. The standard InChI is InChI=1S/C18H22N4O5/c1-26-15-5-3-2-4-14(15)21-12-10-20(11-13-21)9-8-19-18(23)16-6-7-17(27-16)22(24)25/h2-7H,8-13H2,1H3,(H,19,23). The summed E-state index contributed by atoms with van der Waals surface area (Å²) in [5.74, 6) is -0.0724. The van der Waals surface area contributed by atoms with Crippen LogP contribution in [0.15, 0.2) is 40.8 Å². The van der Waals surface area contributed by atoms with Crippen molar-refractivity contribution < 1.29 is 18.9 Å². The molecule has 0 bridgehead atoms. The summed E-state index contributed by atoms with van der Waals surface area (Å²) in [6.45, 7) is 4.65. The molecule has 0 aliphatic carbocycles. The van der Waals surface area contributed by atoms with E-state index in [1.807, 2.05) is 18.2 Å². The second-order valence-corrected chi connectivity index (χ2v) is 6.15. The highest BCUT2D eigenvalue weighted by atomic mass is 16.6. The Bertz CT molecular complexity index is 799. The third-order valence-electron chi connectivity index (χ3n) is 4.51. The lowest BCUT2D eigenvalue weighted by atomic mass is 10.2. The van der Waals surface area contributed by atoms with Crippen LogP contribution < -0.4 is 15.0 Å². The van der Waals surface area contributed by atoms with Gasteiger partial charge in [0, 0.05) is 39.3 Å². The number of carbonyl (C=O) groups is 1. The van der Waals surface area contributed by atoms with Crippen molar-refractivity contribution in [3.63, 3.8) is 0 Å². The van der Waals surface area contributed by atoms with Crippen molar-refractivity contribution in [3.8, 4) is 5.75 Å². The Balaban J connectivity index is 1.43. The lowest BCUT2D eigenvalue weighted by molar-refractivity contribution is -0.402. The summed E-state index contributed by atoms with van der Waals surface area (Å²) < 4.78 is 10.3. The summed E-state index contributed by atoms with van der Waals surface area (Å²) in [4.78, 5) is 26.4. The number of amides is 1. The van der Waals surface area contributed by atoms with E-state index in [2.05, 4.69) is 21.2 Å². The Labute approximate surface area is 156 Å². The third-order valence-corrected chi connectivity index (χ3v) is 4.51. The molecule has 1 amide bonds. The molecule has 1 N–H and O–H groups in total. The first-order valence-corrected chi connectivity index (χ1v) is 8.71. The number of hydrogen-bond donors (Lipinski definition) is 1. The van der Waals surface area contributed by atoms with Crippen LogP contribution >= 0.6 is 0 Å². The van der Waals surface area contributed by atoms with Gasteiger partial charge in [0.25, 0.3) is 5.91 Å². The predicted octanol–water partition coefficient (Wildman–Crippen LogP) is 1.75. The van der Waals surface area contributed by atoms with Crippen LogP contribution in [-0.4, -0.2) is 62.1 Å². The average Bonchev–Trinajstić information content (AvgIpc) is 3.19. The number of benzene rings is 1. The van der Waals surface area contributed by atoms with Gasteiger partial charge in [-0.25, -0.2) is 0 Å². The van der Waals surface area contributed by atoms with Gasteiger partial charge in [-0.3, -0.25) is 19.8 Å². The Kier molecular flexibility index (Phi) is 5.92. The molecule has 1 aromatic heterocycles. The molecule has 1 aliphatic rings. The zero-order valence-electron chi connectivity index (χ0n) is 15.1. The largest absolute Gasteiger partial charge is 0.495 e. The van der Waals surface area contributed by atoms with E-state index in [0.717, 1.165) is 37.6 Å². The molecule has 1 aromatic carbocycles. The van der Waals surface area contributed by atoms with Gasteiger partial charge in [-0.15, -0.1) is 0 Å². The summed E-state index contributed by atoms with van der Waals surface area (Å²) >= 11 is 0. The summed E-state index contributed by atoms with van der Waals surface area (Å²) in [6, 6.07) is 10.4. The third kappa shape index (κ3) is 4.56. The molecular weight excluding hydrogens is 352 g/mol. The van der Waals surface area contributed by atoms with E-state index in [1.165, 1.54) is 12.1 Å². The van der Waals surface area contributed by atoms with Gasteiger partial charge in [-0.05, 0) is 18.2 Å². The van der Waals surface area contributed by atoms with Gasteiger partial charge < -0.3 is 19.4 Å². The van der Waals surface area contributed by atoms with Gasteiger partial charge in [0.15, 0.2) is 5.76 Å². The average molecular weight is 374 g/mol. The lowest BCUT2D eigenvalue weighted by Gasteiger charge is -2.36. The molecule has 144 valence electrons. The minimum atomic E-state index is -0.669. The summed E-state index contributed by atoms with van der Waals surface area (Å²) in [5.41, 5.74) is 1.09. The minimum absolute atomic E-state index is 0.0531. The fourth-order valence-electron chi connectivity index (χ4n) is 3.07. The maximum atomic E-state index is 12.0. The number of carbonyl (C=O) groups excluding carboxylic acids is 1. The van der Waals surface area contributed by atoms with Gasteiger partial charge in [0.2, 0.25) is 0 Å². The Hall–Kier alpha value is -3.07. The maximum Gasteiger partial charge on any atom is 0.433 e. The van der Waals surface area contributed by atoms with E-state index >= 15 is 0 Å². The molecule has 27 heavy (non-hydrogen) atoms. The molecule has 1 aliphatic heterocycles. The van der Waals surface area contributed by atoms with Crippen molar-refractivity contribution in [2.24, 2.45) is 0 Å². The summed E-state index contributed by atoms with van der Waals surface area (Å²) in [5, 5.41) is 13.3. The first-order chi connectivity index (χ1) is 13.1. The van der Waals surface area contributed by atoms with Crippen molar-refractivity contribution in [2.45, 2.75) is 0 Å². The van der Waals surface area contributed by atoms with Gasteiger partial charge in [0.05, 0.1) is 18.9 Å². The molecule has 9 heteroatoms. The van der Waals surface area contributed by atoms with Crippen LogP contribution in [0.25, 0.3) is 0 Å². The zero-order chi connectivity index (χ0) is 19.2. The number of rotatable bonds is 7. The van der Waals surface area contributed by atoms with Crippen molar-refractivity contribution in [3.05, 3.63) is 52.3 Å². The molecular formula is C18H22N4O5. The number of para-hydroxylation sites is 2. The fraction of sp³-hybridized carbons (Fsp3) is 0.389. The molecule has 0 unspecified atom stereocenters. The van der Waals surface area contributed by atoms with Crippen LogP contribution in [0.5, 0.6) is 5.75 Å². The molecule has 3 rings (SSSR count).